The minimum atomic E-state index is -0.0725. The number of ether oxygens (including phenoxy) is 1. The van der Waals surface area contributed by atoms with Crippen LogP contribution in [0.2, 0.25) is 0 Å². The number of aryl methyl sites for hydroxylation is 1. The number of morpholine rings is 1. The molecule has 1 amide bonds. The first-order valence-electron chi connectivity index (χ1n) is 8.24. The minimum absolute atomic E-state index is 0.0725. The van der Waals surface area contributed by atoms with Crippen molar-refractivity contribution in [3.63, 3.8) is 0 Å². The number of nitrogens with one attached hydrogen (secondary N) is 2. The number of hydrogen-bond donors (Lipinski definition) is 2. The van der Waals surface area contributed by atoms with Gasteiger partial charge in [-0.25, -0.2) is 0 Å². The zero-order valence-electron chi connectivity index (χ0n) is 13.4. The van der Waals surface area contributed by atoms with Crippen molar-refractivity contribution in [2.75, 3.05) is 19.8 Å². The monoisotopic (exact) mass is 324 g/mol. The zero-order valence-corrected chi connectivity index (χ0v) is 13.4. The molecule has 1 saturated heterocycles. The summed E-state index contributed by atoms with van der Waals surface area (Å²) in [7, 11) is 0. The molecule has 1 atom stereocenters. The quantitative estimate of drug-likeness (QED) is 0.774. The van der Waals surface area contributed by atoms with Crippen LogP contribution in [0.1, 0.15) is 23.7 Å². The predicted octanol–water partition coefficient (Wildman–Crippen LogP) is 2.42. The maximum Gasteiger partial charge on any atom is 0.223 e. The number of para-hydroxylation sites is 1. The molecule has 0 aliphatic carbocycles. The molecule has 3 heterocycles. The van der Waals surface area contributed by atoms with Crippen LogP contribution in [0, 0.1) is 0 Å². The number of aromatic nitrogens is 3. The lowest BCUT2D eigenvalue weighted by molar-refractivity contribution is -0.140. The van der Waals surface area contributed by atoms with Crippen molar-refractivity contribution in [1.29, 1.82) is 0 Å². The number of rotatable bonds is 4. The zero-order chi connectivity index (χ0) is 16.4. The SMILES string of the molecule is O=C(CCc1c[nH]c2ccccc12)N1CCOCC1c1ccn[nH]1. The Morgan fingerprint density at radius 1 is 1.33 bits per heavy atom. The minimum Gasteiger partial charge on any atom is -0.377 e. The van der Waals surface area contributed by atoms with Crippen LogP contribution in [0.3, 0.4) is 0 Å². The summed E-state index contributed by atoms with van der Waals surface area (Å²) in [6, 6.07) is 10.0. The first kappa shape index (κ1) is 15.0. The summed E-state index contributed by atoms with van der Waals surface area (Å²) >= 11 is 0. The van der Waals surface area contributed by atoms with Crippen LogP contribution in [0.4, 0.5) is 0 Å². The Morgan fingerprint density at radius 2 is 2.25 bits per heavy atom. The maximum atomic E-state index is 12.8. The molecule has 1 aromatic carbocycles. The summed E-state index contributed by atoms with van der Waals surface area (Å²) in [5.41, 5.74) is 3.22. The molecule has 0 spiro atoms. The average molecular weight is 324 g/mol. The molecule has 0 saturated carbocycles. The van der Waals surface area contributed by atoms with Gasteiger partial charge >= 0.3 is 0 Å². The van der Waals surface area contributed by atoms with Crippen molar-refractivity contribution in [2.45, 2.75) is 18.9 Å². The number of carbonyl (C=O) groups excluding carboxylic acids is 1. The lowest BCUT2D eigenvalue weighted by Crippen LogP contribution is -2.43. The third kappa shape index (κ3) is 2.80. The van der Waals surface area contributed by atoms with Gasteiger partial charge in [-0.3, -0.25) is 9.89 Å². The molecule has 6 nitrogen and oxygen atoms in total. The van der Waals surface area contributed by atoms with Gasteiger partial charge in [0.05, 0.1) is 24.9 Å². The Labute approximate surface area is 139 Å². The molecule has 1 aliphatic heterocycles. The van der Waals surface area contributed by atoms with Crippen molar-refractivity contribution in [3.8, 4) is 0 Å². The van der Waals surface area contributed by atoms with Crippen LogP contribution in [-0.4, -0.2) is 45.7 Å². The Hall–Kier alpha value is -2.60. The Bertz CT molecular complexity index is 825. The summed E-state index contributed by atoms with van der Waals surface area (Å²) in [6.07, 6.45) is 4.94. The predicted molar refractivity (Wildman–Crippen MR) is 90.5 cm³/mol. The highest BCUT2D eigenvalue weighted by Crippen LogP contribution is 2.24. The highest BCUT2D eigenvalue weighted by atomic mass is 16.5. The molecule has 1 unspecified atom stereocenters. The number of hydrogen-bond acceptors (Lipinski definition) is 3. The van der Waals surface area contributed by atoms with Crippen LogP contribution in [-0.2, 0) is 16.0 Å². The fraction of sp³-hybridized carbons (Fsp3) is 0.333. The number of carbonyl (C=O) groups is 1. The Kier molecular flexibility index (Phi) is 4.04. The van der Waals surface area contributed by atoms with E-state index in [0.29, 0.717) is 26.2 Å². The molecular weight excluding hydrogens is 304 g/mol. The second-order valence-corrected chi connectivity index (χ2v) is 6.05. The van der Waals surface area contributed by atoms with E-state index in [1.54, 1.807) is 6.20 Å². The highest BCUT2D eigenvalue weighted by Gasteiger charge is 2.29. The number of aromatic amines is 2. The molecule has 1 fully saturated rings. The maximum absolute atomic E-state index is 12.8. The largest absolute Gasteiger partial charge is 0.377 e. The van der Waals surface area contributed by atoms with E-state index in [0.717, 1.165) is 17.6 Å². The summed E-state index contributed by atoms with van der Waals surface area (Å²) < 4.78 is 5.55. The molecule has 3 aromatic rings. The van der Waals surface area contributed by atoms with E-state index in [9.17, 15) is 4.79 Å². The number of fused-ring (bicyclic) bond motifs is 1. The molecular formula is C18H20N4O2. The molecule has 1 aliphatic rings. The second kappa shape index (κ2) is 6.49. The molecule has 124 valence electrons. The molecule has 2 aromatic heterocycles. The third-order valence-corrected chi connectivity index (χ3v) is 4.61. The van der Waals surface area contributed by atoms with Crippen LogP contribution in [0.5, 0.6) is 0 Å². The van der Waals surface area contributed by atoms with Crippen molar-refractivity contribution in [3.05, 3.63) is 54.0 Å². The van der Waals surface area contributed by atoms with Gasteiger partial charge in [0.15, 0.2) is 0 Å². The van der Waals surface area contributed by atoms with Crippen molar-refractivity contribution in [2.24, 2.45) is 0 Å². The van der Waals surface area contributed by atoms with Crippen molar-refractivity contribution >= 4 is 16.8 Å². The normalized spacial score (nSPS) is 18.2. The van der Waals surface area contributed by atoms with E-state index in [-0.39, 0.29) is 11.9 Å². The Balaban J connectivity index is 1.47. The molecule has 2 N–H and O–H groups in total. The van der Waals surface area contributed by atoms with Gasteiger partial charge in [-0.15, -0.1) is 0 Å². The lowest BCUT2D eigenvalue weighted by atomic mass is 10.1. The van der Waals surface area contributed by atoms with Crippen LogP contribution < -0.4 is 0 Å². The standard InChI is InChI=1S/C18H20N4O2/c23-18(6-5-13-11-19-15-4-2-1-3-14(13)15)22-9-10-24-12-17(22)16-7-8-20-21-16/h1-4,7-8,11,17,19H,5-6,9-10,12H2,(H,20,21). The van der Waals surface area contributed by atoms with Crippen molar-refractivity contribution in [1.82, 2.24) is 20.1 Å². The highest BCUT2D eigenvalue weighted by molar-refractivity contribution is 5.84. The van der Waals surface area contributed by atoms with Gasteiger partial charge in [0.1, 0.15) is 0 Å². The fourth-order valence-corrected chi connectivity index (χ4v) is 3.34. The number of nitrogens with zero attached hydrogens (tertiary/aromatic N) is 2. The molecule has 4 rings (SSSR count). The second-order valence-electron chi connectivity index (χ2n) is 6.05. The van der Waals surface area contributed by atoms with E-state index in [2.05, 4.69) is 27.3 Å². The number of H-pyrrole nitrogens is 2. The molecule has 0 bridgehead atoms. The van der Waals surface area contributed by atoms with E-state index in [1.165, 1.54) is 10.9 Å². The van der Waals surface area contributed by atoms with Gasteiger partial charge in [-0.2, -0.15) is 5.10 Å². The lowest BCUT2D eigenvalue weighted by Gasteiger charge is -2.35. The van der Waals surface area contributed by atoms with Crippen LogP contribution >= 0.6 is 0 Å². The summed E-state index contributed by atoms with van der Waals surface area (Å²) in [4.78, 5) is 17.9. The van der Waals surface area contributed by atoms with E-state index in [1.807, 2.05) is 29.3 Å². The Morgan fingerprint density at radius 3 is 3.12 bits per heavy atom. The average Bonchev–Trinajstić information content (AvgIpc) is 3.30. The molecule has 6 heteroatoms. The first-order chi connectivity index (χ1) is 11.8. The van der Waals surface area contributed by atoms with Crippen LogP contribution in [0.15, 0.2) is 42.7 Å². The third-order valence-electron chi connectivity index (χ3n) is 4.61. The number of amides is 1. The number of benzene rings is 1. The van der Waals surface area contributed by atoms with Gasteiger partial charge in [0.25, 0.3) is 0 Å². The van der Waals surface area contributed by atoms with Gasteiger partial charge in [0, 0.05) is 36.3 Å². The summed E-state index contributed by atoms with van der Waals surface area (Å²) in [5, 5.41) is 8.14. The van der Waals surface area contributed by atoms with Gasteiger partial charge < -0.3 is 14.6 Å². The van der Waals surface area contributed by atoms with Gasteiger partial charge in [-0.05, 0) is 24.1 Å². The summed E-state index contributed by atoms with van der Waals surface area (Å²) in [5.74, 6) is 0.156. The van der Waals surface area contributed by atoms with E-state index < -0.39 is 0 Å². The molecule has 0 radical (unpaired) electrons. The van der Waals surface area contributed by atoms with Gasteiger partial charge in [0.2, 0.25) is 5.91 Å². The van der Waals surface area contributed by atoms with Crippen LogP contribution in [0.25, 0.3) is 10.9 Å². The fourth-order valence-electron chi connectivity index (χ4n) is 3.34. The molecule has 24 heavy (non-hydrogen) atoms. The topological polar surface area (TPSA) is 74.0 Å². The smallest absolute Gasteiger partial charge is 0.223 e. The summed E-state index contributed by atoms with van der Waals surface area (Å²) in [6.45, 7) is 1.72. The van der Waals surface area contributed by atoms with E-state index in [4.69, 9.17) is 4.74 Å². The van der Waals surface area contributed by atoms with Gasteiger partial charge in [-0.1, -0.05) is 18.2 Å². The van der Waals surface area contributed by atoms with Crippen molar-refractivity contribution < 1.29 is 9.53 Å². The van der Waals surface area contributed by atoms with E-state index >= 15 is 0 Å². The first-order valence-corrected chi connectivity index (χ1v) is 8.24.